The van der Waals surface area contributed by atoms with Crippen molar-refractivity contribution in [2.45, 2.75) is 19.3 Å². The second-order valence-corrected chi connectivity index (χ2v) is 16.5. The van der Waals surface area contributed by atoms with Gasteiger partial charge in [0.2, 0.25) is 0 Å². The van der Waals surface area contributed by atoms with Crippen molar-refractivity contribution in [1.82, 2.24) is 9.97 Å². The zero-order chi connectivity index (χ0) is 37.4. The molecule has 1 aliphatic rings. The molecule has 10 aromatic rings. The lowest BCUT2D eigenvalue weighted by atomic mass is 9.82. The van der Waals surface area contributed by atoms with Crippen LogP contribution in [0.1, 0.15) is 25.0 Å². The average Bonchev–Trinajstić information content (AvgIpc) is 3.74. The summed E-state index contributed by atoms with van der Waals surface area (Å²) in [7, 11) is 0. The summed E-state index contributed by atoms with van der Waals surface area (Å²) in [5.74, 6) is 0.712. The molecule has 264 valence electrons. The molecule has 56 heavy (non-hydrogen) atoms. The summed E-state index contributed by atoms with van der Waals surface area (Å²) >= 11 is 1.85. The lowest BCUT2D eigenvalue weighted by Gasteiger charge is -2.22. The molecule has 3 heteroatoms. The van der Waals surface area contributed by atoms with Gasteiger partial charge in [0, 0.05) is 42.3 Å². The minimum Gasteiger partial charge on any atom is -0.228 e. The van der Waals surface area contributed by atoms with E-state index in [9.17, 15) is 0 Å². The smallest absolute Gasteiger partial charge is 0.160 e. The van der Waals surface area contributed by atoms with Crippen molar-refractivity contribution in [3.8, 4) is 67.3 Å². The van der Waals surface area contributed by atoms with E-state index in [1.165, 1.54) is 64.3 Å². The fraction of sp³-hybridized carbons (Fsp3) is 0.0566. The number of benzene rings is 8. The van der Waals surface area contributed by atoms with E-state index < -0.39 is 0 Å². The predicted molar refractivity (Wildman–Crippen MR) is 237 cm³/mol. The SMILES string of the molecule is CC1(C)c2ccccc2-c2ccc(-c3cc(-c4cc(-c5ccccc5)cc(-c5ccc6sc7ccccc7c6c5)c4)nc(-c4ccc5ccccc5c4)n3)cc21. The van der Waals surface area contributed by atoms with Gasteiger partial charge in [0.1, 0.15) is 0 Å². The number of hydrogen-bond donors (Lipinski definition) is 0. The Labute approximate surface area is 330 Å². The quantitative estimate of drug-likeness (QED) is 0.176. The molecule has 0 spiro atoms. The van der Waals surface area contributed by atoms with E-state index >= 15 is 0 Å². The third-order valence-corrected chi connectivity index (χ3v) is 12.8. The van der Waals surface area contributed by atoms with Gasteiger partial charge < -0.3 is 0 Å². The van der Waals surface area contributed by atoms with Gasteiger partial charge in [-0.25, -0.2) is 9.97 Å². The molecule has 0 aliphatic heterocycles. The van der Waals surface area contributed by atoms with Crippen LogP contribution in [0.25, 0.3) is 98.2 Å². The third-order valence-electron chi connectivity index (χ3n) is 11.7. The van der Waals surface area contributed by atoms with Crippen molar-refractivity contribution < 1.29 is 0 Å². The molecule has 0 unspecified atom stereocenters. The van der Waals surface area contributed by atoms with Crippen LogP contribution in [0.4, 0.5) is 0 Å². The summed E-state index contributed by atoms with van der Waals surface area (Å²) in [5, 5.41) is 4.96. The number of fused-ring (bicyclic) bond motifs is 7. The first kappa shape index (κ1) is 32.7. The molecule has 0 saturated heterocycles. The lowest BCUT2D eigenvalue weighted by Crippen LogP contribution is -2.14. The van der Waals surface area contributed by atoms with E-state index in [4.69, 9.17) is 9.97 Å². The first-order chi connectivity index (χ1) is 27.5. The van der Waals surface area contributed by atoms with Crippen LogP contribution in [0.3, 0.4) is 0 Å². The monoisotopic (exact) mass is 732 g/mol. The summed E-state index contributed by atoms with van der Waals surface area (Å²) in [5.41, 5.74) is 14.8. The average molecular weight is 733 g/mol. The van der Waals surface area contributed by atoms with Crippen molar-refractivity contribution in [2.75, 3.05) is 0 Å². The Hall–Kier alpha value is -6.68. The first-order valence-corrected chi connectivity index (χ1v) is 20.0. The predicted octanol–water partition coefficient (Wildman–Crippen LogP) is 14.6. The zero-order valence-electron chi connectivity index (χ0n) is 31.1. The van der Waals surface area contributed by atoms with Gasteiger partial charge in [0.25, 0.3) is 0 Å². The molecule has 8 aromatic carbocycles. The van der Waals surface area contributed by atoms with Gasteiger partial charge in [-0.15, -0.1) is 11.3 Å². The molecule has 0 N–H and O–H groups in total. The first-order valence-electron chi connectivity index (χ1n) is 19.2. The van der Waals surface area contributed by atoms with Crippen LogP contribution in [0.2, 0.25) is 0 Å². The van der Waals surface area contributed by atoms with Gasteiger partial charge >= 0.3 is 0 Å². The molecule has 2 nitrogen and oxygen atoms in total. The Kier molecular flexibility index (Phi) is 7.42. The molecule has 2 aromatic heterocycles. The molecule has 11 rings (SSSR count). The molecular weight excluding hydrogens is 697 g/mol. The van der Waals surface area contributed by atoms with E-state index in [1.54, 1.807) is 0 Å². The summed E-state index contributed by atoms with van der Waals surface area (Å²) in [4.78, 5) is 10.7. The Morgan fingerprint density at radius 2 is 1.02 bits per heavy atom. The molecule has 1 aliphatic carbocycles. The molecule has 0 saturated carbocycles. The van der Waals surface area contributed by atoms with Crippen LogP contribution in [0, 0.1) is 0 Å². The van der Waals surface area contributed by atoms with Crippen molar-refractivity contribution in [3.63, 3.8) is 0 Å². The highest BCUT2D eigenvalue weighted by atomic mass is 32.1. The number of thiophene rings is 1. The fourth-order valence-electron chi connectivity index (χ4n) is 8.71. The Bertz CT molecular complexity index is 3170. The number of hydrogen-bond acceptors (Lipinski definition) is 3. The van der Waals surface area contributed by atoms with Gasteiger partial charge in [-0.1, -0.05) is 141 Å². The van der Waals surface area contributed by atoms with Gasteiger partial charge in [-0.3, -0.25) is 0 Å². The van der Waals surface area contributed by atoms with E-state index in [-0.39, 0.29) is 5.41 Å². The topological polar surface area (TPSA) is 25.8 Å². The number of nitrogens with zero attached hydrogens (tertiary/aromatic N) is 2. The van der Waals surface area contributed by atoms with Crippen molar-refractivity contribution in [2.24, 2.45) is 0 Å². The summed E-state index contributed by atoms with van der Waals surface area (Å²) < 4.78 is 2.61. The van der Waals surface area contributed by atoms with Crippen LogP contribution in [0.15, 0.2) is 182 Å². The Balaban J connectivity index is 1.13. The van der Waals surface area contributed by atoms with Gasteiger partial charge in [0.05, 0.1) is 11.4 Å². The van der Waals surface area contributed by atoms with E-state index in [2.05, 4.69) is 196 Å². The molecule has 0 bridgehead atoms. The normalized spacial score (nSPS) is 13.0. The highest BCUT2D eigenvalue weighted by Crippen LogP contribution is 2.49. The van der Waals surface area contributed by atoms with E-state index in [0.717, 1.165) is 39.2 Å². The zero-order valence-corrected chi connectivity index (χ0v) is 31.9. The number of aromatic nitrogens is 2. The van der Waals surface area contributed by atoms with Crippen LogP contribution >= 0.6 is 11.3 Å². The maximum absolute atomic E-state index is 5.38. The summed E-state index contributed by atoms with van der Waals surface area (Å²) in [6.07, 6.45) is 0. The minimum absolute atomic E-state index is 0.118. The largest absolute Gasteiger partial charge is 0.228 e. The molecule has 0 radical (unpaired) electrons. The van der Waals surface area contributed by atoms with E-state index in [1.807, 2.05) is 11.3 Å². The molecular formula is C53H36N2S. The van der Waals surface area contributed by atoms with Gasteiger partial charge in [-0.05, 0) is 110 Å². The fourth-order valence-corrected chi connectivity index (χ4v) is 9.80. The van der Waals surface area contributed by atoms with Gasteiger partial charge in [0.15, 0.2) is 5.82 Å². The van der Waals surface area contributed by atoms with Crippen molar-refractivity contribution in [1.29, 1.82) is 0 Å². The second kappa shape index (κ2) is 12.7. The second-order valence-electron chi connectivity index (χ2n) is 15.4. The van der Waals surface area contributed by atoms with Crippen LogP contribution in [0.5, 0.6) is 0 Å². The maximum atomic E-state index is 5.38. The maximum Gasteiger partial charge on any atom is 0.160 e. The van der Waals surface area contributed by atoms with Crippen LogP contribution < -0.4 is 0 Å². The summed E-state index contributed by atoms with van der Waals surface area (Å²) in [6, 6.07) is 66.1. The molecule has 2 heterocycles. The molecule has 0 fully saturated rings. The summed E-state index contributed by atoms with van der Waals surface area (Å²) in [6.45, 7) is 4.67. The highest BCUT2D eigenvalue weighted by molar-refractivity contribution is 7.25. The highest BCUT2D eigenvalue weighted by Gasteiger charge is 2.35. The van der Waals surface area contributed by atoms with Crippen LogP contribution in [-0.4, -0.2) is 9.97 Å². The third kappa shape index (κ3) is 5.38. The number of rotatable bonds is 5. The lowest BCUT2D eigenvalue weighted by molar-refractivity contribution is 0.660. The minimum atomic E-state index is -0.118. The standard InChI is InChI=1S/C53H36N2S/c1-53(2)46-18-10-8-16-42(46)43-24-22-37(31-47(43)53)48-32-49(55-52(54-48)38-21-20-34-14-6-7-15-35(34)26-38)41-28-39(33-12-4-3-5-13-33)27-40(29-41)36-23-25-51-45(30-36)44-17-9-11-19-50(44)56-51/h3-32H,1-2H3. The van der Waals surface area contributed by atoms with Crippen molar-refractivity contribution in [3.05, 3.63) is 193 Å². The van der Waals surface area contributed by atoms with E-state index in [0.29, 0.717) is 5.82 Å². The molecule has 0 atom stereocenters. The Morgan fingerprint density at radius 3 is 1.89 bits per heavy atom. The van der Waals surface area contributed by atoms with Gasteiger partial charge in [-0.2, -0.15) is 0 Å². The van der Waals surface area contributed by atoms with Crippen LogP contribution in [-0.2, 0) is 5.41 Å². The van der Waals surface area contributed by atoms with Crippen molar-refractivity contribution >= 4 is 42.3 Å². The molecule has 0 amide bonds. The Morgan fingerprint density at radius 1 is 0.375 bits per heavy atom.